The minimum absolute atomic E-state index is 0.326. The summed E-state index contributed by atoms with van der Waals surface area (Å²) >= 11 is 0. The van der Waals surface area contributed by atoms with E-state index < -0.39 is 0 Å². The second-order valence-corrected chi connectivity index (χ2v) is 3.90. The van der Waals surface area contributed by atoms with Crippen LogP contribution in [0.2, 0.25) is 0 Å². The summed E-state index contributed by atoms with van der Waals surface area (Å²) in [6.07, 6.45) is 0. The Kier molecular flexibility index (Phi) is 3.63. The Morgan fingerprint density at radius 2 is 1.61 bits per heavy atom. The minimum Gasteiger partial charge on any atom is -0.465 e. The van der Waals surface area contributed by atoms with Crippen molar-refractivity contribution in [2.75, 3.05) is 19.1 Å². The van der Waals surface area contributed by atoms with Gasteiger partial charge >= 0.3 is 5.97 Å². The number of hydrogen-bond acceptors (Lipinski definition) is 3. The van der Waals surface area contributed by atoms with Crippen LogP contribution in [0.15, 0.2) is 54.6 Å². The van der Waals surface area contributed by atoms with E-state index in [9.17, 15) is 4.79 Å². The molecule has 0 radical (unpaired) electrons. The van der Waals surface area contributed by atoms with Crippen molar-refractivity contribution >= 4 is 17.3 Å². The van der Waals surface area contributed by atoms with Gasteiger partial charge in [0.15, 0.2) is 0 Å². The lowest BCUT2D eigenvalue weighted by Gasteiger charge is -2.21. The van der Waals surface area contributed by atoms with Gasteiger partial charge in [-0.05, 0) is 24.3 Å². The van der Waals surface area contributed by atoms with Gasteiger partial charge in [-0.15, -0.1) is 0 Å². The van der Waals surface area contributed by atoms with Crippen LogP contribution in [0.25, 0.3) is 0 Å². The Morgan fingerprint density at radius 3 is 2.28 bits per heavy atom. The average Bonchev–Trinajstić information content (AvgIpc) is 2.46. The molecule has 0 spiro atoms. The first-order valence-corrected chi connectivity index (χ1v) is 5.70. The number of anilines is 2. The number of nitrogens with zero attached hydrogens (tertiary/aromatic N) is 1. The highest BCUT2D eigenvalue weighted by molar-refractivity contribution is 5.96. The molecule has 0 saturated carbocycles. The van der Waals surface area contributed by atoms with Gasteiger partial charge in [0.05, 0.1) is 18.4 Å². The van der Waals surface area contributed by atoms with E-state index >= 15 is 0 Å². The standard InChI is InChI=1S/C15H15NO2/c1-16(12-8-4-3-5-9-12)14-11-7-6-10-13(14)15(17)18-2/h3-11H,1-2H3. The van der Waals surface area contributed by atoms with Crippen molar-refractivity contribution in [3.05, 3.63) is 60.2 Å². The summed E-state index contributed by atoms with van der Waals surface area (Å²) in [5.41, 5.74) is 2.41. The summed E-state index contributed by atoms with van der Waals surface area (Å²) in [7, 11) is 3.32. The largest absolute Gasteiger partial charge is 0.465 e. The number of benzene rings is 2. The van der Waals surface area contributed by atoms with E-state index in [1.165, 1.54) is 7.11 Å². The fourth-order valence-corrected chi connectivity index (χ4v) is 1.84. The summed E-state index contributed by atoms with van der Waals surface area (Å²) in [6, 6.07) is 17.3. The number of esters is 1. The zero-order valence-corrected chi connectivity index (χ0v) is 10.5. The van der Waals surface area contributed by atoms with Crippen molar-refractivity contribution in [2.24, 2.45) is 0 Å². The number of hydrogen-bond donors (Lipinski definition) is 0. The zero-order valence-electron chi connectivity index (χ0n) is 10.5. The van der Waals surface area contributed by atoms with E-state index in [4.69, 9.17) is 4.74 Å². The molecule has 0 saturated heterocycles. The summed E-state index contributed by atoms with van der Waals surface area (Å²) < 4.78 is 4.80. The predicted molar refractivity (Wildman–Crippen MR) is 72.3 cm³/mol. The van der Waals surface area contributed by atoms with Crippen LogP contribution in [0.5, 0.6) is 0 Å². The van der Waals surface area contributed by atoms with Crippen LogP contribution in [0.1, 0.15) is 10.4 Å². The molecule has 0 N–H and O–H groups in total. The minimum atomic E-state index is -0.326. The fourth-order valence-electron chi connectivity index (χ4n) is 1.84. The topological polar surface area (TPSA) is 29.5 Å². The first-order valence-electron chi connectivity index (χ1n) is 5.70. The first kappa shape index (κ1) is 12.2. The van der Waals surface area contributed by atoms with E-state index in [0.717, 1.165) is 11.4 Å². The number of carbonyl (C=O) groups is 1. The van der Waals surface area contributed by atoms with Crippen molar-refractivity contribution in [1.29, 1.82) is 0 Å². The quantitative estimate of drug-likeness (QED) is 0.772. The number of ether oxygens (including phenoxy) is 1. The maximum Gasteiger partial charge on any atom is 0.339 e. The molecule has 2 rings (SSSR count). The molecular weight excluding hydrogens is 226 g/mol. The second-order valence-electron chi connectivity index (χ2n) is 3.90. The van der Waals surface area contributed by atoms with Crippen molar-refractivity contribution in [3.63, 3.8) is 0 Å². The molecule has 92 valence electrons. The van der Waals surface area contributed by atoms with Crippen LogP contribution >= 0.6 is 0 Å². The maximum atomic E-state index is 11.7. The Hall–Kier alpha value is -2.29. The lowest BCUT2D eigenvalue weighted by atomic mass is 10.1. The van der Waals surface area contributed by atoms with Crippen LogP contribution in [-0.2, 0) is 4.74 Å². The Labute approximate surface area is 107 Å². The van der Waals surface area contributed by atoms with Gasteiger partial charge in [-0.1, -0.05) is 30.3 Å². The van der Waals surface area contributed by atoms with E-state index in [1.807, 2.05) is 60.5 Å². The molecule has 0 amide bonds. The van der Waals surface area contributed by atoms with Gasteiger partial charge in [-0.2, -0.15) is 0 Å². The smallest absolute Gasteiger partial charge is 0.339 e. The second kappa shape index (κ2) is 5.36. The van der Waals surface area contributed by atoms with Crippen LogP contribution in [0.4, 0.5) is 11.4 Å². The third-order valence-corrected chi connectivity index (χ3v) is 2.81. The van der Waals surface area contributed by atoms with E-state index in [2.05, 4.69) is 0 Å². The number of para-hydroxylation sites is 2. The van der Waals surface area contributed by atoms with Crippen LogP contribution < -0.4 is 4.90 Å². The number of carbonyl (C=O) groups excluding carboxylic acids is 1. The number of methoxy groups -OCH3 is 1. The molecule has 18 heavy (non-hydrogen) atoms. The van der Waals surface area contributed by atoms with Gasteiger partial charge in [0.1, 0.15) is 0 Å². The highest BCUT2D eigenvalue weighted by Gasteiger charge is 2.14. The van der Waals surface area contributed by atoms with Crippen LogP contribution in [0.3, 0.4) is 0 Å². The molecule has 2 aromatic carbocycles. The molecule has 0 aliphatic carbocycles. The van der Waals surface area contributed by atoms with Gasteiger partial charge < -0.3 is 9.64 Å². The molecule has 3 heteroatoms. The fraction of sp³-hybridized carbons (Fsp3) is 0.133. The summed E-state index contributed by atoms with van der Waals surface area (Å²) in [6.45, 7) is 0. The highest BCUT2D eigenvalue weighted by atomic mass is 16.5. The SMILES string of the molecule is COC(=O)c1ccccc1N(C)c1ccccc1. The summed E-state index contributed by atoms with van der Waals surface area (Å²) in [4.78, 5) is 13.7. The van der Waals surface area contributed by atoms with Crippen molar-refractivity contribution in [2.45, 2.75) is 0 Å². The first-order chi connectivity index (χ1) is 8.74. The molecule has 3 nitrogen and oxygen atoms in total. The van der Waals surface area contributed by atoms with Gasteiger partial charge in [0.25, 0.3) is 0 Å². The van der Waals surface area contributed by atoms with Gasteiger partial charge in [-0.3, -0.25) is 0 Å². The third kappa shape index (κ3) is 2.35. The molecule has 0 fully saturated rings. The normalized spacial score (nSPS) is 9.89. The monoisotopic (exact) mass is 241 g/mol. The van der Waals surface area contributed by atoms with Crippen molar-refractivity contribution < 1.29 is 9.53 Å². The lowest BCUT2D eigenvalue weighted by Crippen LogP contribution is -2.14. The number of rotatable bonds is 3. The van der Waals surface area contributed by atoms with E-state index in [0.29, 0.717) is 5.56 Å². The average molecular weight is 241 g/mol. The third-order valence-electron chi connectivity index (χ3n) is 2.81. The lowest BCUT2D eigenvalue weighted by molar-refractivity contribution is 0.0601. The molecule has 0 bridgehead atoms. The van der Waals surface area contributed by atoms with Gasteiger partial charge in [0.2, 0.25) is 0 Å². The summed E-state index contributed by atoms with van der Waals surface area (Å²) in [5, 5.41) is 0. The molecule has 0 heterocycles. The van der Waals surface area contributed by atoms with Crippen molar-refractivity contribution in [1.82, 2.24) is 0 Å². The Morgan fingerprint density at radius 1 is 1.00 bits per heavy atom. The van der Waals surface area contributed by atoms with E-state index in [1.54, 1.807) is 6.07 Å². The molecule has 2 aromatic rings. The maximum absolute atomic E-state index is 11.7. The molecule has 0 unspecified atom stereocenters. The van der Waals surface area contributed by atoms with Crippen LogP contribution in [-0.4, -0.2) is 20.1 Å². The van der Waals surface area contributed by atoms with E-state index in [-0.39, 0.29) is 5.97 Å². The van der Waals surface area contributed by atoms with Crippen molar-refractivity contribution in [3.8, 4) is 0 Å². The molecule has 0 aromatic heterocycles. The molecule has 0 aliphatic rings. The zero-order chi connectivity index (χ0) is 13.0. The van der Waals surface area contributed by atoms with Gasteiger partial charge in [-0.25, -0.2) is 4.79 Å². The Bertz CT molecular complexity index is 537. The highest BCUT2D eigenvalue weighted by Crippen LogP contribution is 2.26. The molecule has 0 atom stereocenters. The Balaban J connectivity index is 2.42. The molecular formula is C15H15NO2. The predicted octanol–water partition coefficient (Wildman–Crippen LogP) is 3.24. The molecule has 0 aliphatic heterocycles. The van der Waals surface area contributed by atoms with Crippen LogP contribution in [0, 0.1) is 0 Å². The summed E-state index contributed by atoms with van der Waals surface area (Å²) in [5.74, 6) is -0.326. The van der Waals surface area contributed by atoms with Gasteiger partial charge in [0, 0.05) is 12.7 Å².